The first-order valence-electron chi connectivity index (χ1n) is 6.68. The molecule has 1 aliphatic carbocycles. The third-order valence-electron chi connectivity index (χ3n) is 3.93. The number of hydrogen-bond acceptors (Lipinski definition) is 2. The standard InChI is InChI=1S/C15H23NO/c1-11-6-5-9-13(10-11)14(16)15(17)12-7-3-2-4-8-12/h5-6,9-10,12,14-15,17H,2-4,7-8,16H2,1H3/t14-,15+/m0/s1. The average molecular weight is 233 g/mol. The fraction of sp³-hybridized carbons (Fsp3) is 0.600. The van der Waals surface area contributed by atoms with Crippen molar-refractivity contribution in [1.82, 2.24) is 0 Å². The van der Waals surface area contributed by atoms with Crippen LogP contribution in [0.3, 0.4) is 0 Å². The summed E-state index contributed by atoms with van der Waals surface area (Å²) in [4.78, 5) is 0. The van der Waals surface area contributed by atoms with Gasteiger partial charge in [0.25, 0.3) is 0 Å². The third-order valence-corrected chi connectivity index (χ3v) is 3.93. The fourth-order valence-corrected chi connectivity index (χ4v) is 2.84. The smallest absolute Gasteiger partial charge is 0.0760 e. The summed E-state index contributed by atoms with van der Waals surface area (Å²) >= 11 is 0. The third kappa shape index (κ3) is 3.08. The normalized spacial score (nSPS) is 21.1. The Morgan fingerprint density at radius 3 is 2.59 bits per heavy atom. The molecular formula is C15H23NO. The molecule has 0 saturated heterocycles. The molecule has 2 heteroatoms. The van der Waals surface area contributed by atoms with Crippen molar-refractivity contribution in [2.24, 2.45) is 11.7 Å². The Hall–Kier alpha value is -0.860. The molecule has 17 heavy (non-hydrogen) atoms. The highest BCUT2D eigenvalue weighted by Crippen LogP contribution is 2.31. The average Bonchev–Trinajstić information content (AvgIpc) is 2.38. The van der Waals surface area contributed by atoms with Crippen molar-refractivity contribution in [3.63, 3.8) is 0 Å². The van der Waals surface area contributed by atoms with E-state index in [1.165, 1.54) is 24.8 Å². The van der Waals surface area contributed by atoms with E-state index < -0.39 is 6.10 Å². The Morgan fingerprint density at radius 2 is 1.94 bits per heavy atom. The van der Waals surface area contributed by atoms with Gasteiger partial charge in [-0.05, 0) is 31.2 Å². The Balaban J connectivity index is 2.05. The van der Waals surface area contributed by atoms with Crippen molar-refractivity contribution < 1.29 is 5.11 Å². The molecule has 1 aromatic rings. The van der Waals surface area contributed by atoms with Crippen LogP contribution in [0.25, 0.3) is 0 Å². The number of hydrogen-bond donors (Lipinski definition) is 2. The van der Waals surface area contributed by atoms with Gasteiger partial charge in [0.05, 0.1) is 12.1 Å². The molecular weight excluding hydrogens is 210 g/mol. The zero-order valence-corrected chi connectivity index (χ0v) is 10.6. The van der Waals surface area contributed by atoms with Crippen LogP contribution in [0.1, 0.15) is 49.3 Å². The fourth-order valence-electron chi connectivity index (χ4n) is 2.84. The maximum Gasteiger partial charge on any atom is 0.0760 e. The minimum Gasteiger partial charge on any atom is -0.391 e. The van der Waals surface area contributed by atoms with Gasteiger partial charge in [-0.1, -0.05) is 49.1 Å². The van der Waals surface area contributed by atoms with Gasteiger partial charge in [0, 0.05) is 0 Å². The number of aryl methyl sites for hydroxylation is 1. The monoisotopic (exact) mass is 233 g/mol. The van der Waals surface area contributed by atoms with Crippen LogP contribution in [0, 0.1) is 12.8 Å². The number of rotatable bonds is 3. The molecule has 1 fully saturated rings. The molecule has 0 unspecified atom stereocenters. The lowest BCUT2D eigenvalue weighted by Gasteiger charge is -2.30. The van der Waals surface area contributed by atoms with Crippen LogP contribution in [0.15, 0.2) is 24.3 Å². The van der Waals surface area contributed by atoms with Gasteiger partial charge in [-0.2, -0.15) is 0 Å². The molecule has 0 heterocycles. The zero-order valence-electron chi connectivity index (χ0n) is 10.6. The first-order valence-corrected chi connectivity index (χ1v) is 6.68. The lowest BCUT2D eigenvalue weighted by Crippen LogP contribution is -2.34. The van der Waals surface area contributed by atoms with Crippen molar-refractivity contribution in [3.8, 4) is 0 Å². The number of aliphatic hydroxyl groups is 1. The lowest BCUT2D eigenvalue weighted by atomic mass is 9.81. The van der Waals surface area contributed by atoms with Crippen molar-refractivity contribution in [3.05, 3.63) is 35.4 Å². The first-order chi connectivity index (χ1) is 8.18. The molecule has 0 bridgehead atoms. The zero-order chi connectivity index (χ0) is 12.3. The molecule has 2 atom stereocenters. The molecule has 1 saturated carbocycles. The van der Waals surface area contributed by atoms with Crippen molar-refractivity contribution in [2.75, 3.05) is 0 Å². The number of aliphatic hydroxyl groups excluding tert-OH is 1. The van der Waals surface area contributed by atoms with Crippen molar-refractivity contribution >= 4 is 0 Å². The highest BCUT2D eigenvalue weighted by Gasteiger charge is 2.27. The van der Waals surface area contributed by atoms with E-state index in [1.54, 1.807) is 0 Å². The Morgan fingerprint density at radius 1 is 1.24 bits per heavy atom. The molecule has 2 rings (SSSR count). The SMILES string of the molecule is Cc1cccc([C@H](N)[C@H](O)C2CCCCC2)c1. The van der Waals surface area contributed by atoms with E-state index in [2.05, 4.69) is 19.1 Å². The quantitative estimate of drug-likeness (QED) is 0.843. The highest BCUT2D eigenvalue weighted by molar-refractivity contribution is 5.25. The summed E-state index contributed by atoms with van der Waals surface area (Å²) in [5.41, 5.74) is 8.45. The Labute approximate surface area is 104 Å². The minimum absolute atomic E-state index is 0.238. The summed E-state index contributed by atoms with van der Waals surface area (Å²) < 4.78 is 0. The second-order valence-electron chi connectivity index (χ2n) is 5.33. The van der Waals surface area contributed by atoms with Gasteiger partial charge < -0.3 is 10.8 Å². The lowest BCUT2D eigenvalue weighted by molar-refractivity contribution is 0.0618. The van der Waals surface area contributed by atoms with E-state index in [0.29, 0.717) is 5.92 Å². The maximum atomic E-state index is 10.4. The van der Waals surface area contributed by atoms with E-state index >= 15 is 0 Å². The van der Waals surface area contributed by atoms with Crippen LogP contribution in [-0.2, 0) is 0 Å². The molecule has 0 aromatic heterocycles. The first kappa shape index (κ1) is 12.6. The maximum absolute atomic E-state index is 10.4. The number of nitrogens with two attached hydrogens (primary N) is 1. The van der Waals surface area contributed by atoms with E-state index in [0.717, 1.165) is 18.4 Å². The molecule has 3 N–H and O–H groups in total. The van der Waals surface area contributed by atoms with Gasteiger partial charge >= 0.3 is 0 Å². The largest absolute Gasteiger partial charge is 0.391 e. The number of benzene rings is 1. The summed E-state index contributed by atoms with van der Waals surface area (Å²) in [6.45, 7) is 2.06. The van der Waals surface area contributed by atoms with E-state index in [9.17, 15) is 5.11 Å². The summed E-state index contributed by atoms with van der Waals surface area (Å²) in [6, 6.07) is 7.93. The van der Waals surface area contributed by atoms with Crippen LogP contribution in [0.5, 0.6) is 0 Å². The molecule has 1 aromatic carbocycles. The highest BCUT2D eigenvalue weighted by atomic mass is 16.3. The van der Waals surface area contributed by atoms with Gasteiger partial charge in [0.2, 0.25) is 0 Å². The summed E-state index contributed by atoms with van der Waals surface area (Å²) in [6.07, 6.45) is 5.64. The van der Waals surface area contributed by atoms with Crippen LogP contribution >= 0.6 is 0 Å². The molecule has 0 amide bonds. The van der Waals surface area contributed by atoms with Crippen molar-refractivity contribution in [1.29, 1.82) is 0 Å². The minimum atomic E-state index is -0.392. The van der Waals surface area contributed by atoms with Crippen LogP contribution in [-0.4, -0.2) is 11.2 Å². The molecule has 0 radical (unpaired) electrons. The summed E-state index contributed by atoms with van der Waals surface area (Å²) in [7, 11) is 0. The van der Waals surface area contributed by atoms with E-state index in [-0.39, 0.29) is 6.04 Å². The van der Waals surface area contributed by atoms with E-state index in [4.69, 9.17) is 5.73 Å². The van der Waals surface area contributed by atoms with Crippen LogP contribution in [0.4, 0.5) is 0 Å². The van der Waals surface area contributed by atoms with Gasteiger partial charge in [0.15, 0.2) is 0 Å². The Bertz CT molecular complexity index is 358. The molecule has 0 aliphatic heterocycles. The second kappa shape index (κ2) is 5.65. The molecule has 0 spiro atoms. The predicted octanol–water partition coefficient (Wildman–Crippen LogP) is 2.94. The predicted molar refractivity (Wildman–Crippen MR) is 70.7 cm³/mol. The molecule has 2 nitrogen and oxygen atoms in total. The van der Waals surface area contributed by atoms with Crippen molar-refractivity contribution in [2.45, 2.75) is 51.2 Å². The van der Waals surface area contributed by atoms with Gasteiger partial charge in [-0.15, -0.1) is 0 Å². The molecule has 1 aliphatic rings. The Kier molecular flexibility index (Phi) is 4.19. The summed E-state index contributed by atoms with van der Waals surface area (Å²) in [5.74, 6) is 0.388. The summed E-state index contributed by atoms with van der Waals surface area (Å²) in [5, 5.41) is 10.4. The second-order valence-corrected chi connectivity index (χ2v) is 5.33. The molecule has 94 valence electrons. The van der Waals surface area contributed by atoms with Gasteiger partial charge in [0.1, 0.15) is 0 Å². The van der Waals surface area contributed by atoms with Gasteiger partial charge in [-0.25, -0.2) is 0 Å². The van der Waals surface area contributed by atoms with Gasteiger partial charge in [-0.3, -0.25) is 0 Å². The van der Waals surface area contributed by atoms with E-state index in [1.807, 2.05) is 12.1 Å². The topological polar surface area (TPSA) is 46.2 Å². The van der Waals surface area contributed by atoms with Crippen LogP contribution < -0.4 is 5.73 Å². The van der Waals surface area contributed by atoms with Crippen LogP contribution in [0.2, 0.25) is 0 Å².